The van der Waals surface area contributed by atoms with Crippen molar-refractivity contribution in [3.8, 4) is 0 Å². The number of nitrogen functional groups attached to an aromatic ring is 2. The van der Waals surface area contributed by atoms with Gasteiger partial charge in [-0.1, -0.05) is 13.8 Å². The zero-order chi connectivity index (χ0) is 20.1. The highest BCUT2D eigenvalue weighted by Gasteiger charge is 2.35. The van der Waals surface area contributed by atoms with Crippen molar-refractivity contribution in [2.24, 2.45) is 10.2 Å². The summed E-state index contributed by atoms with van der Waals surface area (Å²) < 4.78 is 77.5. The van der Waals surface area contributed by atoms with Crippen molar-refractivity contribution in [2.75, 3.05) is 11.5 Å². The summed E-state index contributed by atoms with van der Waals surface area (Å²) in [6, 6.07) is 5.37. The molecule has 2 aromatic carbocycles. The number of anilines is 2. The fourth-order valence-electron chi connectivity index (χ4n) is 1.84. The maximum absolute atomic E-state index is 12.9. The van der Waals surface area contributed by atoms with E-state index in [1.165, 1.54) is 0 Å². The molecule has 0 aliphatic rings. The van der Waals surface area contributed by atoms with Gasteiger partial charge in [0.05, 0.1) is 22.5 Å². The Bertz CT molecular complexity index is 716. The summed E-state index contributed by atoms with van der Waals surface area (Å²) in [5.41, 5.74) is 6.56. The van der Waals surface area contributed by atoms with Crippen LogP contribution in [0.15, 0.2) is 46.6 Å². The maximum Gasteiger partial charge on any atom is 0.418 e. The molecule has 0 aromatic heterocycles. The number of rotatable bonds is 2. The highest BCUT2D eigenvalue weighted by atomic mass is 19.4. The van der Waals surface area contributed by atoms with Crippen LogP contribution in [0.3, 0.4) is 0 Å². The van der Waals surface area contributed by atoms with E-state index in [4.69, 9.17) is 11.5 Å². The monoisotopic (exact) mass is 378 g/mol. The van der Waals surface area contributed by atoms with Crippen molar-refractivity contribution in [3.05, 3.63) is 47.5 Å². The second-order valence-corrected chi connectivity index (χ2v) is 4.75. The Labute approximate surface area is 145 Å². The molecule has 0 saturated heterocycles. The standard InChI is InChI=1S/C14H10F6N4.C2H6/c15-13(16,17)9-5-7(21)1-3-11(9)23-24-12-4-2-8(22)6-10(12)14(18,19)20;1-2/h1-6H,21-22H2;1-2H3. The van der Waals surface area contributed by atoms with Crippen LogP contribution < -0.4 is 11.5 Å². The normalized spacial score (nSPS) is 12.0. The quantitative estimate of drug-likeness (QED) is 0.364. The molecule has 0 amide bonds. The molecule has 0 unspecified atom stereocenters. The van der Waals surface area contributed by atoms with E-state index in [0.29, 0.717) is 12.1 Å². The minimum atomic E-state index is -4.78. The molecule has 0 bridgehead atoms. The summed E-state index contributed by atoms with van der Waals surface area (Å²) in [6.45, 7) is 4.00. The first-order valence-electron chi connectivity index (χ1n) is 7.33. The number of hydrogen-bond acceptors (Lipinski definition) is 4. The smallest absolute Gasteiger partial charge is 0.399 e. The predicted octanol–water partition coefficient (Wildman–Crippen LogP) is 6.33. The number of nitrogens with two attached hydrogens (primary N) is 2. The van der Waals surface area contributed by atoms with Gasteiger partial charge in [0.25, 0.3) is 0 Å². The van der Waals surface area contributed by atoms with E-state index in [1.54, 1.807) is 0 Å². The molecule has 0 atom stereocenters. The number of hydrogen-bond donors (Lipinski definition) is 2. The number of azo groups is 1. The fraction of sp³-hybridized carbons (Fsp3) is 0.250. The lowest BCUT2D eigenvalue weighted by atomic mass is 10.1. The Morgan fingerprint density at radius 2 is 0.962 bits per heavy atom. The van der Waals surface area contributed by atoms with Crippen LogP contribution in [0.5, 0.6) is 0 Å². The van der Waals surface area contributed by atoms with Gasteiger partial charge in [-0.25, -0.2) is 0 Å². The van der Waals surface area contributed by atoms with Gasteiger partial charge in [-0.3, -0.25) is 0 Å². The van der Waals surface area contributed by atoms with Crippen LogP contribution in [0, 0.1) is 0 Å². The van der Waals surface area contributed by atoms with Crippen LogP contribution in [0.2, 0.25) is 0 Å². The first-order chi connectivity index (χ1) is 12.0. The minimum absolute atomic E-state index is 0.162. The summed E-state index contributed by atoms with van der Waals surface area (Å²) in [6.07, 6.45) is -9.56. The number of benzene rings is 2. The molecule has 10 heteroatoms. The van der Waals surface area contributed by atoms with Gasteiger partial charge in [-0.05, 0) is 36.4 Å². The Hall–Kier alpha value is -2.78. The maximum atomic E-state index is 12.9. The molecule has 142 valence electrons. The molecule has 0 fully saturated rings. The highest BCUT2D eigenvalue weighted by Crippen LogP contribution is 2.40. The third-order valence-electron chi connectivity index (χ3n) is 2.92. The summed E-state index contributed by atoms with van der Waals surface area (Å²) in [4.78, 5) is 0. The first-order valence-corrected chi connectivity index (χ1v) is 7.33. The average molecular weight is 378 g/mol. The van der Waals surface area contributed by atoms with Gasteiger partial charge in [0, 0.05) is 11.4 Å². The lowest BCUT2D eigenvalue weighted by Gasteiger charge is -2.11. The third-order valence-corrected chi connectivity index (χ3v) is 2.92. The molecule has 2 rings (SSSR count). The van der Waals surface area contributed by atoms with Gasteiger partial charge >= 0.3 is 12.4 Å². The predicted molar refractivity (Wildman–Crippen MR) is 87.2 cm³/mol. The molecule has 0 aliphatic carbocycles. The average Bonchev–Trinajstić information content (AvgIpc) is 2.54. The largest absolute Gasteiger partial charge is 0.418 e. The lowest BCUT2D eigenvalue weighted by Crippen LogP contribution is -2.06. The van der Waals surface area contributed by atoms with Crippen molar-refractivity contribution < 1.29 is 26.3 Å². The van der Waals surface area contributed by atoms with E-state index < -0.39 is 34.9 Å². The van der Waals surface area contributed by atoms with E-state index >= 15 is 0 Å². The second kappa shape index (κ2) is 8.07. The van der Waals surface area contributed by atoms with Gasteiger partial charge in [-0.2, -0.15) is 26.3 Å². The summed E-state index contributed by atoms with van der Waals surface area (Å²) in [5, 5.41) is 6.59. The van der Waals surface area contributed by atoms with E-state index in [-0.39, 0.29) is 11.4 Å². The molecule has 4 nitrogen and oxygen atoms in total. The summed E-state index contributed by atoms with van der Waals surface area (Å²) in [5.74, 6) is 0. The Morgan fingerprint density at radius 1 is 0.654 bits per heavy atom. The van der Waals surface area contributed by atoms with Crippen molar-refractivity contribution in [1.29, 1.82) is 0 Å². The van der Waals surface area contributed by atoms with E-state index in [2.05, 4.69) is 10.2 Å². The van der Waals surface area contributed by atoms with Crippen molar-refractivity contribution in [1.82, 2.24) is 0 Å². The number of nitrogens with zero attached hydrogens (tertiary/aromatic N) is 2. The van der Waals surface area contributed by atoms with Crippen LogP contribution in [0.1, 0.15) is 25.0 Å². The number of alkyl halides is 6. The zero-order valence-corrected chi connectivity index (χ0v) is 13.8. The summed E-state index contributed by atoms with van der Waals surface area (Å²) >= 11 is 0. The molecular weight excluding hydrogens is 362 g/mol. The lowest BCUT2D eigenvalue weighted by molar-refractivity contribution is -0.138. The molecule has 0 heterocycles. The van der Waals surface area contributed by atoms with Gasteiger partial charge < -0.3 is 11.5 Å². The Balaban J connectivity index is 0.00000163. The van der Waals surface area contributed by atoms with Crippen LogP contribution in [-0.2, 0) is 12.4 Å². The minimum Gasteiger partial charge on any atom is -0.399 e. The molecule has 2 aromatic rings. The van der Waals surface area contributed by atoms with E-state index in [0.717, 1.165) is 24.3 Å². The van der Waals surface area contributed by atoms with E-state index in [1.807, 2.05) is 13.8 Å². The van der Waals surface area contributed by atoms with Crippen LogP contribution >= 0.6 is 0 Å². The first kappa shape index (κ1) is 21.3. The summed E-state index contributed by atoms with van der Waals surface area (Å²) in [7, 11) is 0. The SMILES string of the molecule is CC.Nc1ccc(N=Nc2ccc(N)cc2C(F)(F)F)c(C(F)(F)F)c1. The Morgan fingerprint density at radius 3 is 1.23 bits per heavy atom. The third kappa shape index (κ3) is 5.36. The van der Waals surface area contributed by atoms with E-state index in [9.17, 15) is 26.3 Å². The second-order valence-electron chi connectivity index (χ2n) is 4.75. The fourth-order valence-corrected chi connectivity index (χ4v) is 1.84. The van der Waals surface area contributed by atoms with Crippen molar-refractivity contribution in [3.63, 3.8) is 0 Å². The van der Waals surface area contributed by atoms with Crippen LogP contribution in [0.4, 0.5) is 49.1 Å². The van der Waals surface area contributed by atoms with Crippen LogP contribution in [-0.4, -0.2) is 0 Å². The zero-order valence-electron chi connectivity index (χ0n) is 13.8. The number of halogens is 6. The molecular formula is C16H16F6N4. The van der Waals surface area contributed by atoms with Crippen molar-refractivity contribution >= 4 is 22.7 Å². The van der Waals surface area contributed by atoms with Crippen LogP contribution in [0.25, 0.3) is 0 Å². The van der Waals surface area contributed by atoms with Gasteiger partial charge in [0.2, 0.25) is 0 Å². The highest BCUT2D eigenvalue weighted by molar-refractivity contribution is 5.58. The topological polar surface area (TPSA) is 76.8 Å². The van der Waals surface area contributed by atoms with Gasteiger partial charge in [-0.15, -0.1) is 10.2 Å². The van der Waals surface area contributed by atoms with Gasteiger partial charge in [0.1, 0.15) is 0 Å². The Kier molecular flexibility index (Phi) is 6.60. The van der Waals surface area contributed by atoms with Crippen molar-refractivity contribution in [2.45, 2.75) is 26.2 Å². The molecule has 0 spiro atoms. The molecule has 26 heavy (non-hydrogen) atoms. The molecule has 0 aliphatic heterocycles. The molecule has 4 N–H and O–H groups in total. The molecule has 0 radical (unpaired) electrons. The molecule has 0 saturated carbocycles. The van der Waals surface area contributed by atoms with Gasteiger partial charge in [0.15, 0.2) is 0 Å².